The fourth-order valence-corrected chi connectivity index (χ4v) is 2.89. The van der Waals surface area contributed by atoms with Crippen LogP contribution in [0.2, 0.25) is 10.0 Å². The summed E-state index contributed by atoms with van der Waals surface area (Å²) >= 11 is 12.3. The van der Waals surface area contributed by atoms with Crippen LogP contribution >= 0.6 is 23.2 Å². The number of benzene rings is 2. The Labute approximate surface area is 160 Å². The highest BCUT2D eigenvalue weighted by Crippen LogP contribution is 2.32. The second-order valence-electron chi connectivity index (χ2n) is 5.93. The highest BCUT2D eigenvalue weighted by Gasteiger charge is 2.15. The number of carbonyl (C=O) groups is 1. The highest BCUT2D eigenvalue weighted by atomic mass is 35.5. The predicted octanol–water partition coefficient (Wildman–Crippen LogP) is 3.56. The van der Waals surface area contributed by atoms with Crippen molar-refractivity contribution in [3.63, 3.8) is 0 Å². The second-order valence-corrected chi connectivity index (χ2v) is 6.72. The van der Waals surface area contributed by atoms with Crippen molar-refractivity contribution < 1.29 is 23.2 Å². The van der Waals surface area contributed by atoms with Crippen LogP contribution in [0.5, 0.6) is 5.75 Å². The molecular weight excluding hydrogens is 385 g/mol. The van der Waals surface area contributed by atoms with Gasteiger partial charge in [-0.15, -0.1) is 0 Å². The summed E-state index contributed by atoms with van der Waals surface area (Å²) in [5.41, 5.74) is 2.11. The molecule has 0 aliphatic heterocycles. The molecule has 0 radical (unpaired) electrons. The topological polar surface area (TPSA) is 42.8 Å². The van der Waals surface area contributed by atoms with Gasteiger partial charge in [-0.3, -0.25) is 4.79 Å². The van der Waals surface area contributed by atoms with Crippen molar-refractivity contribution in [1.29, 1.82) is 0 Å². The molecule has 1 atom stereocenters. The molecule has 140 valence electrons. The van der Waals surface area contributed by atoms with Gasteiger partial charge in [-0.2, -0.15) is 8.78 Å². The summed E-state index contributed by atoms with van der Waals surface area (Å²) in [7, 11) is 1.85. The molecule has 0 spiro atoms. The lowest BCUT2D eigenvalue weighted by molar-refractivity contribution is -0.885. The summed E-state index contributed by atoms with van der Waals surface area (Å²) in [4.78, 5) is 13.2. The number of halogens is 4. The molecule has 0 fully saturated rings. The number of quaternary nitrogens is 1. The lowest BCUT2D eigenvalue weighted by Crippen LogP contribution is -3.08. The number of hydrogen-bond donors (Lipinski definition) is 2. The monoisotopic (exact) mass is 403 g/mol. The van der Waals surface area contributed by atoms with Crippen LogP contribution in [0, 0.1) is 6.92 Å². The zero-order chi connectivity index (χ0) is 19.3. The van der Waals surface area contributed by atoms with Gasteiger partial charge in [0.1, 0.15) is 12.3 Å². The van der Waals surface area contributed by atoms with Crippen LogP contribution in [0.15, 0.2) is 36.4 Å². The largest absolute Gasteiger partial charge is 0.435 e. The molecule has 0 aliphatic carbocycles. The average Bonchev–Trinajstić information content (AvgIpc) is 2.56. The molecule has 2 aromatic carbocycles. The number of likely N-dealkylation sites (N-methyl/N-ethyl adjacent to an activating group) is 1. The normalized spacial score (nSPS) is 12.1. The number of carbonyl (C=O) groups excluding carboxylic acids is 1. The molecule has 0 bridgehead atoms. The first kappa shape index (κ1) is 20.4. The predicted molar refractivity (Wildman–Crippen MR) is 98.4 cm³/mol. The van der Waals surface area contributed by atoms with Crippen LogP contribution in [0.1, 0.15) is 11.1 Å². The summed E-state index contributed by atoms with van der Waals surface area (Å²) < 4.78 is 28.6. The molecule has 8 heteroatoms. The molecule has 1 amide bonds. The molecule has 2 rings (SSSR count). The quantitative estimate of drug-likeness (QED) is 0.741. The number of anilines is 1. The number of rotatable bonds is 7. The number of aryl methyl sites for hydroxylation is 1. The van der Waals surface area contributed by atoms with Crippen LogP contribution in [0.25, 0.3) is 0 Å². The summed E-state index contributed by atoms with van der Waals surface area (Å²) in [5.74, 6) is -0.127. The Morgan fingerprint density at radius 1 is 1.19 bits per heavy atom. The molecule has 0 aliphatic rings. The molecule has 2 N–H and O–H groups in total. The number of amides is 1. The average molecular weight is 404 g/mol. The maximum atomic E-state index is 12.3. The van der Waals surface area contributed by atoms with Crippen LogP contribution in [-0.2, 0) is 11.3 Å². The van der Waals surface area contributed by atoms with Gasteiger partial charge in [0.05, 0.1) is 22.8 Å². The third kappa shape index (κ3) is 5.83. The molecule has 1 unspecified atom stereocenters. The third-order valence-electron chi connectivity index (χ3n) is 3.67. The van der Waals surface area contributed by atoms with Crippen molar-refractivity contribution in [3.8, 4) is 5.75 Å². The van der Waals surface area contributed by atoms with Gasteiger partial charge < -0.3 is 15.0 Å². The van der Waals surface area contributed by atoms with E-state index in [9.17, 15) is 13.6 Å². The standard InChI is InChI=1S/C18H18Cl2F2N2O2/c1-11-3-8-14(19)17(16(11)20)23-15(25)10-24(2)9-12-4-6-13(7-5-12)26-18(21)22/h3-8,18H,9-10H2,1-2H3,(H,23,25)/p+1. The minimum absolute atomic E-state index is 0.0999. The van der Waals surface area contributed by atoms with Crippen LogP contribution in [0.4, 0.5) is 14.5 Å². The molecule has 2 aromatic rings. The van der Waals surface area contributed by atoms with E-state index >= 15 is 0 Å². The Morgan fingerprint density at radius 2 is 1.85 bits per heavy atom. The first-order valence-electron chi connectivity index (χ1n) is 7.85. The van der Waals surface area contributed by atoms with Gasteiger partial charge in [-0.25, -0.2) is 0 Å². The van der Waals surface area contributed by atoms with Crippen molar-refractivity contribution in [2.75, 3.05) is 18.9 Å². The SMILES string of the molecule is Cc1ccc(Cl)c(NC(=O)C[NH+](C)Cc2ccc(OC(F)F)cc2)c1Cl. The number of ether oxygens (including phenoxy) is 1. The van der Waals surface area contributed by atoms with Crippen molar-refractivity contribution in [2.45, 2.75) is 20.1 Å². The van der Waals surface area contributed by atoms with Crippen LogP contribution in [-0.4, -0.2) is 26.1 Å². The zero-order valence-electron chi connectivity index (χ0n) is 14.3. The summed E-state index contributed by atoms with van der Waals surface area (Å²) in [5, 5.41) is 3.53. The van der Waals surface area contributed by atoms with Crippen molar-refractivity contribution in [2.24, 2.45) is 0 Å². The van der Waals surface area contributed by atoms with Crippen LogP contribution < -0.4 is 15.0 Å². The molecule has 0 saturated carbocycles. The van der Waals surface area contributed by atoms with E-state index in [1.807, 2.05) is 14.0 Å². The number of hydrogen-bond acceptors (Lipinski definition) is 2. The molecule has 26 heavy (non-hydrogen) atoms. The summed E-state index contributed by atoms with van der Waals surface area (Å²) in [6, 6.07) is 9.78. The van der Waals surface area contributed by atoms with E-state index in [-0.39, 0.29) is 18.2 Å². The molecule has 0 saturated heterocycles. The first-order valence-corrected chi connectivity index (χ1v) is 8.61. The Morgan fingerprint density at radius 3 is 2.46 bits per heavy atom. The summed E-state index contributed by atoms with van der Waals surface area (Å²) in [6.07, 6.45) is 0. The zero-order valence-corrected chi connectivity index (χ0v) is 15.8. The van der Waals surface area contributed by atoms with E-state index in [4.69, 9.17) is 23.2 Å². The molecular formula is C18H19Cl2F2N2O2+. The van der Waals surface area contributed by atoms with Gasteiger partial charge in [0.15, 0.2) is 6.54 Å². The lowest BCUT2D eigenvalue weighted by atomic mass is 10.2. The fourth-order valence-electron chi connectivity index (χ4n) is 2.43. The maximum absolute atomic E-state index is 12.3. The van der Waals surface area contributed by atoms with Gasteiger partial charge in [-0.05, 0) is 42.8 Å². The minimum atomic E-state index is -2.85. The second kappa shape index (κ2) is 9.16. The van der Waals surface area contributed by atoms with Gasteiger partial charge in [0.2, 0.25) is 0 Å². The smallest absolute Gasteiger partial charge is 0.387 e. The van der Waals surface area contributed by atoms with Gasteiger partial charge >= 0.3 is 6.61 Å². The third-order valence-corrected chi connectivity index (χ3v) is 4.47. The van der Waals surface area contributed by atoms with Gasteiger partial charge in [-0.1, -0.05) is 29.3 Å². The van der Waals surface area contributed by atoms with Gasteiger partial charge in [0.25, 0.3) is 5.91 Å². The van der Waals surface area contributed by atoms with E-state index in [1.165, 1.54) is 12.1 Å². The Balaban J connectivity index is 1.92. The molecule has 4 nitrogen and oxygen atoms in total. The van der Waals surface area contributed by atoms with E-state index in [2.05, 4.69) is 10.1 Å². The van der Waals surface area contributed by atoms with E-state index in [0.29, 0.717) is 22.3 Å². The Hall–Kier alpha value is -1.89. The van der Waals surface area contributed by atoms with E-state index in [1.54, 1.807) is 24.3 Å². The summed E-state index contributed by atoms with van der Waals surface area (Å²) in [6.45, 7) is -0.293. The van der Waals surface area contributed by atoms with E-state index in [0.717, 1.165) is 16.0 Å². The van der Waals surface area contributed by atoms with E-state index < -0.39 is 6.61 Å². The Bertz CT molecular complexity index is 771. The van der Waals surface area contributed by atoms with Crippen molar-refractivity contribution in [1.82, 2.24) is 0 Å². The molecule has 0 heterocycles. The lowest BCUT2D eigenvalue weighted by Gasteiger charge is -2.16. The van der Waals surface area contributed by atoms with Crippen molar-refractivity contribution >= 4 is 34.8 Å². The minimum Gasteiger partial charge on any atom is -0.435 e. The van der Waals surface area contributed by atoms with Crippen molar-refractivity contribution in [3.05, 3.63) is 57.6 Å². The highest BCUT2D eigenvalue weighted by molar-refractivity contribution is 6.40. The fraction of sp³-hybridized carbons (Fsp3) is 0.278. The first-order chi connectivity index (χ1) is 12.3. The van der Waals surface area contributed by atoms with Crippen LogP contribution in [0.3, 0.4) is 0 Å². The molecule has 0 aromatic heterocycles. The number of alkyl halides is 2. The maximum Gasteiger partial charge on any atom is 0.387 e. The van der Waals surface area contributed by atoms with Gasteiger partial charge in [0, 0.05) is 5.56 Å². The Kier molecular flexibility index (Phi) is 7.20. The number of nitrogens with one attached hydrogen (secondary N) is 2.